The number of nitrogens with zero attached hydrogens (tertiary/aromatic N) is 3. The Bertz CT molecular complexity index is 1550. The van der Waals surface area contributed by atoms with Gasteiger partial charge in [0.15, 0.2) is 5.60 Å². The molecule has 0 aliphatic carbocycles. The summed E-state index contributed by atoms with van der Waals surface area (Å²) in [5.41, 5.74) is -0.124. The molecule has 0 aromatic heterocycles. The van der Waals surface area contributed by atoms with E-state index in [0.717, 1.165) is 14.7 Å². The molecule has 0 saturated carbocycles. The number of hydrogen-bond acceptors (Lipinski definition) is 6. The van der Waals surface area contributed by atoms with Gasteiger partial charge in [0, 0.05) is 45.8 Å². The van der Waals surface area contributed by atoms with Crippen molar-refractivity contribution in [3.05, 3.63) is 103 Å². The average Bonchev–Trinajstić information content (AvgIpc) is 3.40. The third-order valence-electron chi connectivity index (χ3n) is 8.72. The molecular formula is C32H35FIN3O6Si. The molecule has 3 aromatic carbocycles. The van der Waals surface area contributed by atoms with Gasteiger partial charge in [-0.15, -0.1) is 0 Å². The van der Waals surface area contributed by atoms with E-state index >= 15 is 4.11 Å². The predicted octanol–water partition coefficient (Wildman–Crippen LogP) is 5.93. The number of fused-ring (bicyclic) bond motifs is 2. The van der Waals surface area contributed by atoms with E-state index < -0.39 is 42.4 Å². The van der Waals surface area contributed by atoms with E-state index in [4.69, 9.17) is 4.74 Å². The first-order valence-electron chi connectivity index (χ1n) is 14.5. The van der Waals surface area contributed by atoms with Crippen molar-refractivity contribution in [2.45, 2.75) is 56.8 Å². The zero-order chi connectivity index (χ0) is 31.8. The number of carbonyl (C=O) groups excluding carboxylic acids is 2. The third kappa shape index (κ3) is 6.04. The molecular weight excluding hydrogens is 696 g/mol. The second-order valence-corrected chi connectivity index (χ2v) is 17.0. The van der Waals surface area contributed by atoms with E-state index in [1.54, 1.807) is 31.0 Å². The van der Waals surface area contributed by atoms with Gasteiger partial charge in [-0.25, -0.2) is 0 Å². The fourth-order valence-electron chi connectivity index (χ4n) is 6.80. The normalized spacial score (nSPS) is 22.8. The van der Waals surface area contributed by atoms with Gasteiger partial charge in [0.1, 0.15) is 0 Å². The summed E-state index contributed by atoms with van der Waals surface area (Å²) in [7, 11) is -3.58. The molecule has 1 spiro atoms. The van der Waals surface area contributed by atoms with E-state index in [9.17, 15) is 24.8 Å². The standard InChI is InChI=1S/C32H35FIN3O6Si/c1-21-30(44(2,3)33)28(18-29(39)35(15-16-38)19-22-7-5-4-6-8-22)43-32(21)26-17-25(37(41)42)13-14-27(26)36(31(32)40)20-23-9-11-24(34)12-10-23/h4-14,17,21,28,30,38H,15-16,18-20H2,1-3H3/t21-,28+,30-,32+/m1/s1. The minimum atomic E-state index is -3.58. The predicted molar refractivity (Wildman–Crippen MR) is 175 cm³/mol. The summed E-state index contributed by atoms with van der Waals surface area (Å²) in [6, 6.07) is 21.3. The lowest BCUT2D eigenvalue weighted by Gasteiger charge is -2.31. The van der Waals surface area contributed by atoms with Crippen LogP contribution >= 0.6 is 22.6 Å². The smallest absolute Gasteiger partial charge is 0.269 e. The second kappa shape index (κ2) is 12.7. The van der Waals surface area contributed by atoms with Crippen molar-refractivity contribution < 1.29 is 28.5 Å². The summed E-state index contributed by atoms with van der Waals surface area (Å²) < 4.78 is 23.9. The molecule has 0 unspecified atom stereocenters. The SMILES string of the molecule is C[C@@H]1[C@@H]([Si](C)(C)F)[C@H](CC(=O)N(CCO)Cc2ccccc2)O[C@@]12C(=O)N(Cc1ccc(I)cc1)c1ccc([N+](=O)[O-])cc12. The van der Waals surface area contributed by atoms with Crippen LogP contribution in [-0.2, 0) is 33.0 Å². The molecule has 4 atom stereocenters. The first-order chi connectivity index (χ1) is 20.9. The first kappa shape index (κ1) is 32.2. The van der Waals surface area contributed by atoms with Crippen LogP contribution in [0.4, 0.5) is 15.5 Å². The number of nitro benzene ring substituents is 1. The van der Waals surface area contributed by atoms with Crippen LogP contribution in [0.3, 0.4) is 0 Å². The van der Waals surface area contributed by atoms with Crippen LogP contribution < -0.4 is 4.90 Å². The van der Waals surface area contributed by atoms with E-state index in [-0.39, 0.29) is 44.3 Å². The fraction of sp³-hybridized carbons (Fsp3) is 0.375. The molecule has 0 bridgehead atoms. The van der Waals surface area contributed by atoms with Crippen LogP contribution in [-0.4, -0.2) is 54.4 Å². The minimum Gasteiger partial charge on any atom is -0.395 e. The molecule has 9 nitrogen and oxygen atoms in total. The maximum Gasteiger partial charge on any atom is 0.269 e. The molecule has 5 rings (SSSR count). The van der Waals surface area contributed by atoms with E-state index in [2.05, 4.69) is 22.6 Å². The maximum atomic E-state index is 16.2. The van der Waals surface area contributed by atoms with Crippen molar-refractivity contribution in [3.8, 4) is 0 Å². The molecule has 2 aliphatic heterocycles. The largest absolute Gasteiger partial charge is 0.395 e. The molecule has 232 valence electrons. The van der Waals surface area contributed by atoms with Gasteiger partial charge in [-0.3, -0.25) is 19.7 Å². The Hall–Kier alpha value is -3.20. The molecule has 3 aromatic rings. The van der Waals surface area contributed by atoms with E-state index in [0.29, 0.717) is 11.3 Å². The molecule has 1 N–H and O–H groups in total. The van der Waals surface area contributed by atoms with Gasteiger partial charge >= 0.3 is 0 Å². The zero-order valence-electron chi connectivity index (χ0n) is 24.8. The van der Waals surface area contributed by atoms with Crippen LogP contribution in [0.15, 0.2) is 72.8 Å². The van der Waals surface area contributed by atoms with Gasteiger partial charge in [0.05, 0.1) is 36.3 Å². The van der Waals surface area contributed by atoms with Crippen LogP contribution in [0.2, 0.25) is 18.6 Å². The van der Waals surface area contributed by atoms with Crippen LogP contribution in [0.25, 0.3) is 0 Å². The fourth-order valence-corrected chi connectivity index (χ4v) is 9.65. The number of hydrogen-bond donors (Lipinski definition) is 1. The average molecular weight is 732 g/mol. The van der Waals surface area contributed by atoms with Gasteiger partial charge in [0.25, 0.3) is 11.6 Å². The van der Waals surface area contributed by atoms with Crippen molar-refractivity contribution in [2.24, 2.45) is 5.92 Å². The number of rotatable bonds is 10. The number of carbonyl (C=O) groups is 2. The Morgan fingerprint density at radius 1 is 1.14 bits per heavy atom. The molecule has 0 radical (unpaired) electrons. The molecule has 1 saturated heterocycles. The van der Waals surface area contributed by atoms with Crippen molar-refractivity contribution >= 4 is 54.2 Å². The highest BCUT2D eigenvalue weighted by molar-refractivity contribution is 14.1. The molecule has 2 amide bonds. The zero-order valence-corrected chi connectivity index (χ0v) is 27.9. The number of amides is 2. The van der Waals surface area contributed by atoms with Gasteiger partial charge in [-0.1, -0.05) is 49.4 Å². The number of ether oxygens (including phenoxy) is 1. The van der Waals surface area contributed by atoms with Crippen molar-refractivity contribution in [3.63, 3.8) is 0 Å². The lowest BCUT2D eigenvalue weighted by Crippen LogP contribution is -2.45. The van der Waals surface area contributed by atoms with Gasteiger partial charge < -0.3 is 23.8 Å². The highest BCUT2D eigenvalue weighted by Gasteiger charge is 2.67. The Labute approximate surface area is 270 Å². The molecule has 44 heavy (non-hydrogen) atoms. The maximum absolute atomic E-state index is 16.2. The van der Waals surface area contributed by atoms with Crippen molar-refractivity contribution in [1.82, 2.24) is 4.90 Å². The number of non-ortho nitro benzene ring substituents is 1. The number of benzene rings is 3. The number of aliphatic hydroxyl groups is 1. The van der Waals surface area contributed by atoms with Crippen molar-refractivity contribution in [1.29, 1.82) is 0 Å². The highest BCUT2D eigenvalue weighted by Crippen LogP contribution is 2.60. The summed E-state index contributed by atoms with van der Waals surface area (Å²) in [5.74, 6) is -1.46. The number of halogens is 2. The summed E-state index contributed by atoms with van der Waals surface area (Å²) in [6.07, 6.45) is -1.14. The molecule has 12 heteroatoms. The Morgan fingerprint density at radius 3 is 2.43 bits per heavy atom. The van der Waals surface area contributed by atoms with Crippen LogP contribution in [0.1, 0.15) is 30.0 Å². The van der Waals surface area contributed by atoms with Gasteiger partial charge in [-0.2, -0.15) is 0 Å². The molecule has 2 heterocycles. The monoisotopic (exact) mass is 731 g/mol. The second-order valence-electron chi connectivity index (χ2n) is 12.0. The highest BCUT2D eigenvalue weighted by atomic mass is 127. The quantitative estimate of drug-likeness (QED) is 0.0910. The van der Waals surface area contributed by atoms with Crippen LogP contribution in [0.5, 0.6) is 0 Å². The van der Waals surface area contributed by atoms with E-state index in [1.807, 2.05) is 54.6 Å². The molecule has 2 aliphatic rings. The molecule has 1 fully saturated rings. The first-order valence-corrected chi connectivity index (χ1v) is 18.5. The van der Waals surface area contributed by atoms with Crippen molar-refractivity contribution in [2.75, 3.05) is 18.1 Å². The minimum absolute atomic E-state index is 0.0833. The Morgan fingerprint density at radius 2 is 1.82 bits per heavy atom. The lowest BCUT2D eigenvalue weighted by molar-refractivity contribution is -0.385. The number of anilines is 1. The summed E-state index contributed by atoms with van der Waals surface area (Å²) in [6.45, 7) is 5.13. The van der Waals surface area contributed by atoms with Crippen LogP contribution in [0, 0.1) is 19.6 Å². The summed E-state index contributed by atoms with van der Waals surface area (Å²) in [5, 5.41) is 21.5. The topological polar surface area (TPSA) is 113 Å². The summed E-state index contributed by atoms with van der Waals surface area (Å²) in [4.78, 5) is 42.6. The van der Waals surface area contributed by atoms with Gasteiger partial charge in [0.2, 0.25) is 14.3 Å². The van der Waals surface area contributed by atoms with E-state index in [1.165, 1.54) is 17.0 Å². The Balaban J connectivity index is 1.54. The van der Waals surface area contributed by atoms with Gasteiger partial charge in [-0.05, 0) is 65.0 Å². The third-order valence-corrected chi connectivity index (χ3v) is 11.9. The summed E-state index contributed by atoms with van der Waals surface area (Å²) >= 11 is 2.20. The number of aliphatic hydroxyl groups excluding tert-OH is 1. The number of nitro groups is 1. The lowest BCUT2D eigenvalue weighted by atomic mass is 9.82. The Kier molecular flexibility index (Phi) is 9.26.